The Bertz CT molecular complexity index is 496. The van der Waals surface area contributed by atoms with Crippen molar-refractivity contribution in [2.45, 2.75) is 13.3 Å². The van der Waals surface area contributed by atoms with E-state index in [1.807, 2.05) is 31.2 Å². The van der Waals surface area contributed by atoms with Gasteiger partial charge in [-0.2, -0.15) is 0 Å². The molecule has 1 N–H and O–H groups in total. The van der Waals surface area contributed by atoms with Gasteiger partial charge in [0, 0.05) is 11.4 Å². The summed E-state index contributed by atoms with van der Waals surface area (Å²) in [5.74, 6) is 0.687. The highest BCUT2D eigenvalue weighted by atomic mass is 127. The molecule has 17 heavy (non-hydrogen) atoms. The minimum absolute atomic E-state index is 0.620. The van der Waals surface area contributed by atoms with Gasteiger partial charge in [0.05, 0.1) is 12.2 Å². The van der Waals surface area contributed by atoms with Gasteiger partial charge in [0.25, 0.3) is 0 Å². The first-order valence-corrected chi connectivity index (χ1v) is 6.76. The Kier molecular flexibility index (Phi) is 4.28. The van der Waals surface area contributed by atoms with Crippen LogP contribution in [0.4, 0.5) is 0 Å². The highest BCUT2D eigenvalue weighted by molar-refractivity contribution is 14.1. The second kappa shape index (κ2) is 5.73. The van der Waals surface area contributed by atoms with Crippen LogP contribution in [0, 0.1) is 3.70 Å². The maximum absolute atomic E-state index is 5.86. The highest BCUT2D eigenvalue weighted by Crippen LogP contribution is 2.24. The van der Waals surface area contributed by atoms with E-state index in [2.05, 4.69) is 32.8 Å². The van der Waals surface area contributed by atoms with E-state index in [4.69, 9.17) is 16.3 Å². The zero-order valence-electron chi connectivity index (χ0n) is 9.34. The number of nitrogens with one attached hydrogen (secondary N) is 1. The Labute approximate surface area is 119 Å². The largest absolute Gasteiger partial charge is 0.477 e. The molecule has 0 atom stereocenters. The van der Waals surface area contributed by atoms with Crippen molar-refractivity contribution in [3.63, 3.8) is 0 Å². The molecule has 0 spiro atoms. The number of aromatic amines is 1. The molecule has 1 heterocycles. The summed E-state index contributed by atoms with van der Waals surface area (Å²) in [5, 5.41) is 7.83. The molecule has 0 radical (unpaired) electrons. The van der Waals surface area contributed by atoms with Crippen molar-refractivity contribution in [2.24, 2.45) is 0 Å². The average molecular weight is 363 g/mol. The number of hydrogen-bond acceptors (Lipinski definition) is 2. The van der Waals surface area contributed by atoms with Crippen molar-refractivity contribution < 1.29 is 4.74 Å². The monoisotopic (exact) mass is 362 g/mol. The van der Waals surface area contributed by atoms with Gasteiger partial charge < -0.3 is 4.74 Å². The smallest absolute Gasteiger partial charge is 0.237 e. The average Bonchev–Trinajstić information content (AvgIpc) is 2.65. The van der Waals surface area contributed by atoms with Crippen LogP contribution >= 0.6 is 34.2 Å². The molecule has 0 unspecified atom stereocenters. The molecule has 0 aliphatic carbocycles. The normalized spacial score (nSPS) is 10.5. The van der Waals surface area contributed by atoms with Crippen LogP contribution in [0.2, 0.25) is 5.02 Å². The molecular weight excluding hydrogens is 351 g/mol. The molecule has 0 aliphatic rings. The summed E-state index contributed by atoms with van der Waals surface area (Å²) < 4.78 is 6.50. The van der Waals surface area contributed by atoms with E-state index in [-0.39, 0.29) is 0 Å². The predicted molar refractivity (Wildman–Crippen MR) is 76.7 cm³/mol. The molecule has 3 nitrogen and oxygen atoms in total. The zero-order chi connectivity index (χ0) is 12.3. The van der Waals surface area contributed by atoms with E-state index in [0.29, 0.717) is 12.5 Å². The standard InChI is InChI=1S/C12H12ClIN2O/c1-2-17-12-10(11(14)15-16-12)7-8-3-5-9(13)6-4-8/h3-6H,2,7H2,1H3,(H,15,16). The first-order valence-electron chi connectivity index (χ1n) is 5.30. The van der Waals surface area contributed by atoms with Crippen molar-refractivity contribution in [2.75, 3.05) is 6.61 Å². The predicted octanol–water partition coefficient (Wildman–Crippen LogP) is 3.66. The Morgan fingerprint density at radius 2 is 2.06 bits per heavy atom. The van der Waals surface area contributed by atoms with Crippen molar-refractivity contribution in [3.8, 4) is 5.88 Å². The fourth-order valence-electron chi connectivity index (χ4n) is 1.54. The second-order valence-electron chi connectivity index (χ2n) is 3.56. The maximum Gasteiger partial charge on any atom is 0.237 e. The van der Waals surface area contributed by atoms with Gasteiger partial charge in [0.2, 0.25) is 5.88 Å². The number of rotatable bonds is 4. The number of hydrogen-bond donors (Lipinski definition) is 1. The van der Waals surface area contributed by atoms with Crippen molar-refractivity contribution in [3.05, 3.63) is 44.1 Å². The fourth-order valence-corrected chi connectivity index (χ4v) is 2.21. The summed E-state index contributed by atoms with van der Waals surface area (Å²) in [5.41, 5.74) is 2.28. The van der Waals surface area contributed by atoms with Gasteiger partial charge in [-0.3, -0.25) is 5.10 Å². The summed E-state index contributed by atoms with van der Waals surface area (Å²) in [6, 6.07) is 7.82. The summed E-state index contributed by atoms with van der Waals surface area (Å²) in [6.45, 7) is 2.57. The molecule has 0 saturated carbocycles. The van der Waals surface area contributed by atoms with E-state index >= 15 is 0 Å². The van der Waals surface area contributed by atoms with Crippen LogP contribution in [0.5, 0.6) is 5.88 Å². The Morgan fingerprint density at radius 1 is 1.35 bits per heavy atom. The van der Waals surface area contributed by atoms with Crippen molar-refractivity contribution in [1.29, 1.82) is 0 Å². The molecule has 0 amide bonds. The number of nitrogens with zero attached hydrogens (tertiary/aromatic N) is 1. The van der Waals surface area contributed by atoms with E-state index in [1.165, 1.54) is 5.56 Å². The zero-order valence-corrected chi connectivity index (χ0v) is 12.2. The Balaban J connectivity index is 2.22. The third kappa shape index (κ3) is 3.13. The summed E-state index contributed by atoms with van der Waals surface area (Å²) in [6.07, 6.45) is 0.793. The van der Waals surface area contributed by atoms with Crippen LogP contribution in [0.25, 0.3) is 0 Å². The molecule has 1 aromatic carbocycles. The lowest BCUT2D eigenvalue weighted by atomic mass is 10.1. The summed E-state index contributed by atoms with van der Waals surface area (Å²) in [7, 11) is 0. The molecule has 90 valence electrons. The maximum atomic E-state index is 5.86. The van der Waals surface area contributed by atoms with Gasteiger partial charge in [-0.1, -0.05) is 23.7 Å². The topological polar surface area (TPSA) is 37.9 Å². The van der Waals surface area contributed by atoms with Gasteiger partial charge in [-0.05, 0) is 47.2 Å². The molecular formula is C12H12ClIN2O. The van der Waals surface area contributed by atoms with E-state index in [0.717, 1.165) is 20.7 Å². The Hall–Kier alpha value is -0.750. The van der Waals surface area contributed by atoms with Crippen LogP contribution in [0.3, 0.4) is 0 Å². The lowest BCUT2D eigenvalue weighted by Gasteiger charge is -2.04. The number of ether oxygens (including phenoxy) is 1. The quantitative estimate of drug-likeness (QED) is 0.843. The molecule has 0 fully saturated rings. The van der Waals surface area contributed by atoms with Crippen molar-refractivity contribution in [1.82, 2.24) is 10.2 Å². The van der Waals surface area contributed by atoms with Crippen LogP contribution < -0.4 is 4.74 Å². The van der Waals surface area contributed by atoms with Crippen LogP contribution in [0.15, 0.2) is 24.3 Å². The molecule has 0 bridgehead atoms. The molecule has 2 rings (SSSR count). The number of benzene rings is 1. The molecule has 5 heteroatoms. The molecule has 0 aliphatic heterocycles. The molecule has 0 saturated heterocycles. The lowest BCUT2D eigenvalue weighted by Crippen LogP contribution is -1.97. The van der Waals surface area contributed by atoms with Gasteiger partial charge in [0.1, 0.15) is 3.70 Å². The SMILES string of the molecule is CCOc1n[nH]c(I)c1Cc1ccc(Cl)cc1. The fraction of sp³-hybridized carbons (Fsp3) is 0.250. The third-order valence-electron chi connectivity index (χ3n) is 2.35. The molecule has 1 aromatic heterocycles. The minimum atomic E-state index is 0.620. The summed E-state index contributed by atoms with van der Waals surface area (Å²) >= 11 is 8.09. The highest BCUT2D eigenvalue weighted by Gasteiger charge is 2.12. The first kappa shape index (κ1) is 12.7. The van der Waals surface area contributed by atoms with Gasteiger partial charge in [-0.15, -0.1) is 5.10 Å². The van der Waals surface area contributed by atoms with E-state index in [1.54, 1.807) is 0 Å². The summed E-state index contributed by atoms with van der Waals surface area (Å²) in [4.78, 5) is 0. The number of halogens is 2. The van der Waals surface area contributed by atoms with Crippen molar-refractivity contribution >= 4 is 34.2 Å². The second-order valence-corrected chi connectivity index (χ2v) is 5.07. The Morgan fingerprint density at radius 3 is 2.71 bits per heavy atom. The van der Waals surface area contributed by atoms with Crippen LogP contribution in [-0.2, 0) is 6.42 Å². The minimum Gasteiger partial charge on any atom is -0.477 e. The van der Waals surface area contributed by atoms with Gasteiger partial charge >= 0.3 is 0 Å². The first-order chi connectivity index (χ1) is 8.20. The van der Waals surface area contributed by atoms with E-state index in [9.17, 15) is 0 Å². The van der Waals surface area contributed by atoms with Crippen LogP contribution in [0.1, 0.15) is 18.1 Å². The number of H-pyrrole nitrogens is 1. The number of aromatic nitrogens is 2. The van der Waals surface area contributed by atoms with Gasteiger partial charge in [-0.25, -0.2) is 0 Å². The third-order valence-corrected chi connectivity index (χ3v) is 3.50. The lowest BCUT2D eigenvalue weighted by molar-refractivity contribution is 0.323. The molecule has 2 aromatic rings. The van der Waals surface area contributed by atoms with Gasteiger partial charge in [0.15, 0.2) is 0 Å². The van der Waals surface area contributed by atoms with E-state index < -0.39 is 0 Å². The van der Waals surface area contributed by atoms with Crippen LogP contribution in [-0.4, -0.2) is 16.8 Å².